The van der Waals surface area contributed by atoms with E-state index in [4.69, 9.17) is 0 Å². The first-order valence-electron chi connectivity index (χ1n) is 3.95. The molecule has 0 saturated carbocycles. The van der Waals surface area contributed by atoms with Gasteiger partial charge in [-0.25, -0.2) is 4.98 Å². The first-order chi connectivity index (χ1) is 6.75. The molecule has 14 heavy (non-hydrogen) atoms. The number of aromatic amines is 2. The molecule has 0 aliphatic carbocycles. The largest absolute Gasteiger partial charge is 0.549 e. The minimum absolute atomic E-state index is 0.0974. The number of aliphatic carboxylic acids is 1. The Morgan fingerprint density at radius 2 is 2.57 bits per heavy atom. The van der Waals surface area contributed by atoms with Crippen LogP contribution in [0.2, 0.25) is 0 Å². The van der Waals surface area contributed by atoms with Crippen LogP contribution in [0.25, 0.3) is 11.2 Å². The first kappa shape index (κ1) is 9.01. The van der Waals surface area contributed by atoms with E-state index in [0.717, 1.165) is 17.3 Å². The van der Waals surface area contributed by atoms with Crippen LogP contribution in [0.1, 0.15) is 0 Å². The topological polar surface area (TPSA) is 82.9 Å². The number of pyridine rings is 1. The number of imidazole rings is 1. The number of carbonyl (C=O) groups is 1. The van der Waals surface area contributed by atoms with Gasteiger partial charge in [-0.05, 0) is 17.1 Å². The van der Waals surface area contributed by atoms with Crippen molar-refractivity contribution in [3.05, 3.63) is 18.3 Å². The van der Waals surface area contributed by atoms with E-state index in [1.165, 1.54) is 0 Å². The fourth-order valence-corrected chi connectivity index (χ4v) is 1.65. The van der Waals surface area contributed by atoms with Gasteiger partial charge in [-0.15, -0.1) is 0 Å². The highest BCUT2D eigenvalue weighted by molar-refractivity contribution is 7.99. The normalized spacial score (nSPS) is 10.6. The minimum atomic E-state index is -1.10. The fourth-order valence-electron chi connectivity index (χ4n) is 1.06. The molecule has 0 aliphatic heterocycles. The highest BCUT2D eigenvalue weighted by Gasteiger charge is 2.10. The van der Waals surface area contributed by atoms with E-state index in [2.05, 4.69) is 15.0 Å². The number of hydrogen-bond acceptors (Lipinski definition) is 4. The minimum Gasteiger partial charge on any atom is -0.549 e. The van der Waals surface area contributed by atoms with Gasteiger partial charge >= 0.3 is 5.65 Å². The quantitative estimate of drug-likeness (QED) is 0.672. The molecule has 0 aromatic carbocycles. The summed E-state index contributed by atoms with van der Waals surface area (Å²) in [6.07, 6.45) is 1.76. The van der Waals surface area contributed by atoms with E-state index >= 15 is 0 Å². The van der Waals surface area contributed by atoms with E-state index in [1.54, 1.807) is 6.20 Å². The standard InChI is InChI=1S/C8H7N3O2S/c12-6(13)4-14-8-10-5-2-1-3-9-7(5)11-8/h1-3H,4H2,(H,12,13)(H,9,10,11). The van der Waals surface area contributed by atoms with Crippen LogP contribution in [0.3, 0.4) is 0 Å². The Hall–Kier alpha value is -1.56. The van der Waals surface area contributed by atoms with Crippen molar-refractivity contribution in [1.82, 2.24) is 9.97 Å². The average molecular weight is 209 g/mol. The summed E-state index contributed by atoms with van der Waals surface area (Å²) in [7, 11) is 0. The van der Waals surface area contributed by atoms with Crippen molar-refractivity contribution in [2.24, 2.45) is 0 Å². The van der Waals surface area contributed by atoms with Crippen molar-refractivity contribution in [2.75, 3.05) is 5.75 Å². The molecule has 2 rings (SSSR count). The van der Waals surface area contributed by atoms with Crippen LogP contribution in [0, 0.1) is 0 Å². The third-order valence-corrected chi connectivity index (χ3v) is 2.46. The van der Waals surface area contributed by atoms with Crippen molar-refractivity contribution < 1.29 is 14.9 Å². The lowest BCUT2D eigenvalue weighted by atomic mass is 10.4. The Kier molecular flexibility index (Phi) is 2.36. The maximum atomic E-state index is 10.2. The second kappa shape index (κ2) is 3.67. The Balaban J connectivity index is 2.22. The van der Waals surface area contributed by atoms with E-state index in [9.17, 15) is 9.90 Å². The van der Waals surface area contributed by atoms with Crippen LogP contribution < -0.4 is 10.1 Å². The van der Waals surface area contributed by atoms with Gasteiger partial charge in [0.15, 0.2) is 0 Å². The van der Waals surface area contributed by atoms with Crippen LogP contribution in [0.5, 0.6) is 0 Å². The molecule has 0 spiro atoms. The fraction of sp³-hybridized carbons (Fsp3) is 0.125. The maximum Gasteiger partial charge on any atom is 0.347 e. The van der Waals surface area contributed by atoms with Crippen molar-refractivity contribution in [3.63, 3.8) is 0 Å². The summed E-state index contributed by atoms with van der Waals surface area (Å²) in [5.41, 5.74) is 1.57. The molecule has 0 bridgehead atoms. The monoisotopic (exact) mass is 209 g/mol. The van der Waals surface area contributed by atoms with Crippen molar-refractivity contribution in [3.8, 4) is 0 Å². The predicted molar refractivity (Wildman–Crippen MR) is 48.4 cm³/mol. The highest BCUT2D eigenvalue weighted by atomic mass is 32.2. The summed E-state index contributed by atoms with van der Waals surface area (Å²) in [6.45, 7) is 0. The van der Waals surface area contributed by atoms with Gasteiger partial charge in [0.25, 0.3) is 5.16 Å². The zero-order chi connectivity index (χ0) is 9.97. The van der Waals surface area contributed by atoms with Crippen LogP contribution in [0.4, 0.5) is 0 Å². The van der Waals surface area contributed by atoms with Gasteiger partial charge in [0.1, 0.15) is 5.52 Å². The molecule has 0 amide bonds. The van der Waals surface area contributed by atoms with E-state index < -0.39 is 5.97 Å². The van der Waals surface area contributed by atoms with Crippen molar-refractivity contribution >= 4 is 28.9 Å². The summed E-state index contributed by atoms with van der Waals surface area (Å²) in [6, 6.07) is 3.70. The van der Waals surface area contributed by atoms with E-state index in [0.29, 0.717) is 10.8 Å². The lowest BCUT2D eigenvalue weighted by molar-refractivity contribution is -0.347. The lowest BCUT2D eigenvalue weighted by Gasteiger charge is -1.94. The van der Waals surface area contributed by atoms with Gasteiger partial charge in [0, 0.05) is 5.75 Å². The molecule has 0 fully saturated rings. The molecule has 0 radical (unpaired) electrons. The van der Waals surface area contributed by atoms with E-state index in [-0.39, 0.29) is 5.75 Å². The third kappa shape index (κ3) is 1.85. The summed E-state index contributed by atoms with van der Waals surface area (Å²) < 4.78 is 0. The number of carboxylic acid groups (broad SMARTS) is 1. The smallest absolute Gasteiger partial charge is 0.347 e. The van der Waals surface area contributed by atoms with Gasteiger partial charge in [-0.1, -0.05) is 11.8 Å². The number of rotatable bonds is 3. The van der Waals surface area contributed by atoms with E-state index in [1.807, 2.05) is 12.1 Å². The number of nitrogens with zero attached hydrogens (tertiary/aromatic N) is 1. The van der Waals surface area contributed by atoms with Gasteiger partial charge < -0.3 is 14.9 Å². The SMILES string of the molecule is O=C([O-])CSc1nc2[nH+]cccc2[nH]1. The predicted octanol–water partition coefficient (Wildman–Crippen LogP) is -0.781. The second-order valence-corrected chi connectivity index (χ2v) is 3.60. The Morgan fingerprint density at radius 1 is 1.71 bits per heavy atom. The van der Waals surface area contributed by atoms with Gasteiger partial charge in [0.2, 0.25) is 0 Å². The average Bonchev–Trinajstić information content (AvgIpc) is 2.57. The third-order valence-electron chi connectivity index (χ3n) is 1.62. The molecule has 2 aromatic heterocycles. The number of fused-ring (bicyclic) bond motifs is 1. The number of thioether (sulfide) groups is 1. The molecule has 0 aliphatic rings. The number of hydrogen-bond donors (Lipinski definition) is 1. The zero-order valence-electron chi connectivity index (χ0n) is 7.11. The summed E-state index contributed by atoms with van der Waals surface area (Å²) in [5, 5.41) is 10.8. The number of nitrogens with one attached hydrogen (secondary N) is 2. The van der Waals surface area contributed by atoms with Crippen molar-refractivity contribution in [2.45, 2.75) is 5.16 Å². The lowest BCUT2D eigenvalue weighted by Crippen LogP contribution is -2.24. The number of H-pyrrole nitrogens is 2. The molecule has 0 unspecified atom stereocenters. The van der Waals surface area contributed by atoms with Gasteiger partial charge in [0.05, 0.1) is 12.2 Å². The molecular formula is C8H7N3O2S. The molecule has 6 heteroatoms. The Labute approximate surface area is 83.6 Å². The highest BCUT2D eigenvalue weighted by Crippen LogP contribution is 2.15. The van der Waals surface area contributed by atoms with Crippen LogP contribution >= 0.6 is 11.8 Å². The summed E-state index contributed by atoms with van der Waals surface area (Å²) in [4.78, 5) is 20.3. The first-order valence-corrected chi connectivity index (χ1v) is 4.93. The number of carboxylic acids is 1. The molecule has 2 aromatic rings. The number of carbonyl (C=O) groups excluding carboxylic acids is 1. The van der Waals surface area contributed by atoms with Crippen molar-refractivity contribution in [1.29, 1.82) is 0 Å². The van der Waals surface area contributed by atoms with Crippen LogP contribution in [-0.4, -0.2) is 21.7 Å². The molecule has 72 valence electrons. The molecule has 5 nitrogen and oxygen atoms in total. The molecule has 0 atom stereocenters. The Morgan fingerprint density at radius 3 is 3.29 bits per heavy atom. The Bertz CT molecular complexity index is 435. The molecule has 2 heterocycles. The zero-order valence-corrected chi connectivity index (χ0v) is 7.93. The second-order valence-electron chi connectivity index (χ2n) is 2.64. The van der Waals surface area contributed by atoms with Crippen LogP contribution in [-0.2, 0) is 4.79 Å². The maximum absolute atomic E-state index is 10.2. The molecular weight excluding hydrogens is 202 g/mol. The molecule has 0 saturated heterocycles. The van der Waals surface area contributed by atoms with Gasteiger partial charge in [-0.3, -0.25) is 0 Å². The number of aromatic nitrogens is 3. The van der Waals surface area contributed by atoms with Gasteiger partial charge in [-0.2, -0.15) is 0 Å². The summed E-state index contributed by atoms with van der Waals surface area (Å²) in [5.74, 6) is -1.20. The molecule has 2 N–H and O–H groups in total. The van der Waals surface area contributed by atoms with Crippen LogP contribution in [0.15, 0.2) is 23.5 Å². The summed E-state index contributed by atoms with van der Waals surface area (Å²) >= 11 is 1.11.